The van der Waals surface area contributed by atoms with Gasteiger partial charge in [-0.1, -0.05) is 24.3 Å². The summed E-state index contributed by atoms with van der Waals surface area (Å²) in [5.74, 6) is 2.12. The van der Waals surface area contributed by atoms with Gasteiger partial charge in [-0.2, -0.15) is 0 Å². The first-order valence-corrected chi connectivity index (χ1v) is 9.10. The standard InChI is InChI=1S/C20H27NO3/c1-2-23-18-10-6-7-11-19(18)24-17-12-14-21(15-13-17)20(22)16-8-4-3-5-9-16/h3-4,6-7,10-11,16-17H,2,5,8-9,12-15H2,1H3/t16-/m1/s1. The van der Waals surface area contributed by atoms with Gasteiger partial charge in [0.1, 0.15) is 6.10 Å². The molecule has 0 bridgehead atoms. The van der Waals surface area contributed by atoms with Crippen molar-refractivity contribution in [3.63, 3.8) is 0 Å². The van der Waals surface area contributed by atoms with E-state index in [1.165, 1.54) is 0 Å². The number of amides is 1. The third-order valence-electron chi connectivity index (χ3n) is 4.81. The second-order valence-electron chi connectivity index (χ2n) is 6.50. The highest BCUT2D eigenvalue weighted by atomic mass is 16.5. The van der Waals surface area contributed by atoms with E-state index in [1.54, 1.807) is 0 Å². The number of piperidine rings is 1. The van der Waals surface area contributed by atoms with Crippen LogP contribution in [0, 0.1) is 5.92 Å². The third kappa shape index (κ3) is 4.11. The third-order valence-corrected chi connectivity index (χ3v) is 4.81. The first kappa shape index (κ1) is 16.9. The molecule has 24 heavy (non-hydrogen) atoms. The Kier molecular flexibility index (Phi) is 5.78. The van der Waals surface area contributed by atoms with Crippen molar-refractivity contribution in [2.24, 2.45) is 5.92 Å². The highest BCUT2D eigenvalue weighted by molar-refractivity contribution is 5.79. The van der Waals surface area contributed by atoms with Crippen LogP contribution in [-0.2, 0) is 4.79 Å². The number of carbonyl (C=O) groups excluding carboxylic acids is 1. The lowest BCUT2D eigenvalue weighted by atomic mass is 9.92. The van der Waals surface area contributed by atoms with Crippen molar-refractivity contribution in [3.8, 4) is 11.5 Å². The fraction of sp³-hybridized carbons (Fsp3) is 0.550. The molecule has 3 rings (SSSR count). The van der Waals surface area contributed by atoms with Crippen LogP contribution in [0.3, 0.4) is 0 Å². The zero-order chi connectivity index (χ0) is 16.8. The SMILES string of the molecule is CCOc1ccccc1OC1CCN(C(=O)[C@@H]2CC=CCC2)CC1. The fourth-order valence-electron chi connectivity index (χ4n) is 3.47. The molecule has 0 radical (unpaired) electrons. The van der Waals surface area contributed by atoms with Gasteiger partial charge in [-0.15, -0.1) is 0 Å². The topological polar surface area (TPSA) is 38.8 Å². The molecule has 0 N–H and O–H groups in total. The summed E-state index contributed by atoms with van der Waals surface area (Å²) < 4.78 is 11.8. The van der Waals surface area contributed by atoms with E-state index in [1.807, 2.05) is 36.1 Å². The summed E-state index contributed by atoms with van der Waals surface area (Å²) in [5.41, 5.74) is 0. The maximum Gasteiger partial charge on any atom is 0.226 e. The van der Waals surface area contributed by atoms with Crippen LogP contribution in [0.4, 0.5) is 0 Å². The Hall–Kier alpha value is -1.97. The molecule has 1 aliphatic heterocycles. The van der Waals surface area contributed by atoms with Gasteiger partial charge in [0, 0.05) is 31.8 Å². The van der Waals surface area contributed by atoms with Crippen LogP contribution in [-0.4, -0.2) is 36.6 Å². The smallest absolute Gasteiger partial charge is 0.226 e. The molecule has 4 heteroatoms. The molecular formula is C20H27NO3. The number of carbonyl (C=O) groups is 1. The van der Waals surface area contributed by atoms with Gasteiger partial charge in [0.25, 0.3) is 0 Å². The van der Waals surface area contributed by atoms with Crippen LogP contribution in [0.1, 0.15) is 39.0 Å². The Morgan fingerprint density at radius 1 is 1.12 bits per heavy atom. The Labute approximate surface area is 144 Å². The van der Waals surface area contributed by atoms with E-state index in [0.29, 0.717) is 12.5 Å². The number of benzene rings is 1. The Bertz CT molecular complexity index is 576. The number of hydrogen-bond acceptors (Lipinski definition) is 3. The average Bonchev–Trinajstić information content (AvgIpc) is 2.64. The molecule has 0 unspecified atom stereocenters. The molecule has 1 aromatic carbocycles. The number of hydrogen-bond donors (Lipinski definition) is 0. The first-order chi connectivity index (χ1) is 11.8. The zero-order valence-corrected chi connectivity index (χ0v) is 14.4. The number of allylic oxidation sites excluding steroid dienone is 2. The largest absolute Gasteiger partial charge is 0.490 e. The predicted octanol–water partition coefficient (Wildman–Crippen LogP) is 3.81. The zero-order valence-electron chi connectivity index (χ0n) is 14.4. The van der Waals surface area contributed by atoms with Gasteiger partial charge in [0.05, 0.1) is 6.61 Å². The van der Waals surface area contributed by atoms with Crippen LogP contribution >= 0.6 is 0 Å². The number of ether oxygens (including phenoxy) is 2. The Morgan fingerprint density at radius 2 is 1.88 bits per heavy atom. The van der Waals surface area contributed by atoms with E-state index in [0.717, 1.165) is 56.7 Å². The molecule has 130 valence electrons. The number of para-hydroxylation sites is 2. The monoisotopic (exact) mass is 329 g/mol. The van der Waals surface area contributed by atoms with Gasteiger partial charge < -0.3 is 14.4 Å². The van der Waals surface area contributed by atoms with Crippen molar-refractivity contribution >= 4 is 5.91 Å². The van der Waals surface area contributed by atoms with E-state index in [-0.39, 0.29) is 12.0 Å². The molecular weight excluding hydrogens is 302 g/mol. The van der Waals surface area contributed by atoms with Gasteiger partial charge in [-0.25, -0.2) is 0 Å². The van der Waals surface area contributed by atoms with Crippen molar-refractivity contribution in [2.75, 3.05) is 19.7 Å². The molecule has 1 amide bonds. The minimum atomic E-state index is 0.155. The summed E-state index contributed by atoms with van der Waals surface area (Å²) >= 11 is 0. The fourth-order valence-corrected chi connectivity index (χ4v) is 3.47. The molecule has 1 aromatic rings. The molecule has 1 aliphatic carbocycles. The number of nitrogens with zero attached hydrogens (tertiary/aromatic N) is 1. The average molecular weight is 329 g/mol. The van der Waals surface area contributed by atoms with Crippen LogP contribution in [0.2, 0.25) is 0 Å². The lowest BCUT2D eigenvalue weighted by Crippen LogP contribution is -2.44. The molecule has 4 nitrogen and oxygen atoms in total. The molecule has 1 heterocycles. The Balaban J connectivity index is 1.52. The van der Waals surface area contributed by atoms with E-state index in [4.69, 9.17) is 9.47 Å². The van der Waals surface area contributed by atoms with Gasteiger partial charge in [0.15, 0.2) is 11.5 Å². The molecule has 1 atom stereocenters. The van der Waals surface area contributed by atoms with Crippen molar-refractivity contribution in [2.45, 2.75) is 45.1 Å². The quantitative estimate of drug-likeness (QED) is 0.771. The maximum atomic E-state index is 12.6. The predicted molar refractivity (Wildman–Crippen MR) is 94.3 cm³/mol. The van der Waals surface area contributed by atoms with Crippen LogP contribution in [0.15, 0.2) is 36.4 Å². The summed E-state index contributed by atoms with van der Waals surface area (Å²) in [6, 6.07) is 7.82. The number of likely N-dealkylation sites (tertiary alicyclic amines) is 1. The molecule has 0 aromatic heterocycles. The van der Waals surface area contributed by atoms with E-state index in [2.05, 4.69) is 12.2 Å². The van der Waals surface area contributed by atoms with Crippen LogP contribution in [0.25, 0.3) is 0 Å². The summed E-state index contributed by atoms with van der Waals surface area (Å²) in [6.07, 6.45) is 9.17. The van der Waals surface area contributed by atoms with E-state index < -0.39 is 0 Å². The number of rotatable bonds is 5. The summed E-state index contributed by atoms with van der Waals surface area (Å²) in [7, 11) is 0. The van der Waals surface area contributed by atoms with Crippen LogP contribution in [0.5, 0.6) is 11.5 Å². The highest BCUT2D eigenvalue weighted by Gasteiger charge is 2.29. The van der Waals surface area contributed by atoms with Gasteiger partial charge in [0.2, 0.25) is 5.91 Å². The van der Waals surface area contributed by atoms with Crippen molar-refractivity contribution in [3.05, 3.63) is 36.4 Å². The molecule has 1 fully saturated rings. The summed E-state index contributed by atoms with van der Waals surface area (Å²) in [4.78, 5) is 14.6. The van der Waals surface area contributed by atoms with Crippen molar-refractivity contribution in [1.29, 1.82) is 0 Å². The van der Waals surface area contributed by atoms with Crippen LogP contribution < -0.4 is 9.47 Å². The second-order valence-corrected chi connectivity index (χ2v) is 6.50. The van der Waals surface area contributed by atoms with E-state index >= 15 is 0 Å². The van der Waals surface area contributed by atoms with Crippen molar-refractivity contribution in [1.82, 2.24) is 4.90 Å². The Morgan fingerprint density at radius 3 is 2.54 bits per heavy atom. The normalized spacial score (nSPS) is 21.5. The molecule has 0 saturated carbocycles. The highest BCUT2D eigenvalue weighted by Crippen LogP contribution is 2.30. The lowest BCUT2D eigenvalue weighted by Gasteiger charge is -2.34. The van der Waals surface area contributed by atoms with Gasteiger partial charge >= 0.3 is 0 Å². The summed E-state index contributed by atoms with van der Waals surface area (Å²) in [5, 5.41) is 0. The molecule has 2 aliphatic rings. The van der Waals surface area contributed by atoms with Gasteiger partial charge in [-0.05, 0) is 38.3 Å². The van der Waals surface area contributed by atoms with E-state index in [9.17, 15) is 4.79 Å². The minimum Gasteiger partial charge on any atom is -0.490 e. The minimum absolute atomic E-state index is 0.155. The maximum absolute atomic E-state index is 12.6. The van der Waals surface area contributed by atoms with Gasteiger partial charge in [-0.3, -0.25) is 4.79 Å². The second kappa shape index (κ2) is 8.22. The summed E-state index contributed by atoms with van der Waals surface area (Å²) in [6.45, 7) is 4.19. The molecule has 1 saturated heterocycles. The lowest BCUT2D eigenvalue weighted by molar-refractivity contribution is -0.137. The molecule has 0 spiro atoms. The first-order valence-electron chi connectivity index (χ1n) is 9.10. The van der Waals surface area contributed by atoms with Crippen molar-refractivity contribution < 1.29 is 14.3 Å².